The summed E-state index contributed by atoms with van der Waals surface area (Å²) in [5, 5.41) is 0. The van der Waals surface area contributed by atoms with E-state index in [-0.39, 0.29) is 11.5 Å². The molecular weight excluding hydrogens is 485 g/mol. The Morgan fingerprint density at radius 3 is 2.06 bits per heavy atom. The molecule has 4 unspecified atom stereocenters. The van der Waals surface area contributed by atoms with Crippen molar-refractivity contribution in [1.29, 1.82) is 0 Å². The average molecular weight is 533 g/mol. The number of hydrogen-bond acceptors (Lipinski definition) is 4. The molecule has 196 valence electrons. The van der Waals surface area contributed by atoms with Gasteiger partial charge in [-0.25, -0.2) is 0 Å². The molecule has 5 atom stereocenters. The lowest BCUT2D eigenvalue weighted by Gasteiger charge is -2.51. The van der Waals surface area contributed by atoms with Crippen LogP contribution in [0.1, 0.15) is 43.2 Å². The highest BCUT2D eigenvalue weighted by Crippen LogP contribution is 2.62. The van der Waals surface area contributed by atoms with Gasteiger partial charge >= 0.3 is 0 Å². The number of rotatable bonds is 7. The summed E-state index contributed by atoms with van der Waals surface area (Å²) in [5.74, 6) is 4.63. The predicted molar refractivity (Wildman–Crippen MR) is 153 cm³/mol. The summed E-state index contributed by atoms with van der Waals surface area (Å²) in [6.07, 6.45) is 7.28. The summed E-state index contributed by atoms with van der Waals surface area (Å²) in [6.45, 7) is 23.0. The Kier molecular flexibility index (Phi) is 7.00. The monoisotopic (exact) mass is 532 g/mol. The molecule has 1 saturated carbocycles. The number of ether oxygens (including phenoxy) is 1. The second-order valence-electron chi connectivity index (χ2n) is 14.2. The highest BCUT2D eigenvalue weighted by Gasteiger charge is 2.57. The first-order valence-electron chi connectivity index (χ1n) is 13.5. The van der Waals surface area contributed by atoms with Crippen molar-refractivity contribution in [2.45, 2.75) is 104 Å². The zero-order valence-corrected chi connectivity index (χ0v) is 27.0. The summed E-state index contributed by atoms with van der Waals surface area (Å²) in [4.78, 5) is 0. The lowest BCUT2D eigenvalue weighted by Crippen LogP contribution is -2.49. The topological polar surface area (TPSA) is 36.9 Å². The van der Waals surface area contributed by atoms with E-state index >= 15 is 0 Å². The van der Waals surface area contributed by atoms with Crippen LogP contribution in [0, 0.1) is 17.3 Å². The summed E-state index contributed by atoms with van der Waals surface area (Å²) in [6, 6.07) is 4.59. The fourth-order valence-electron chi connectivity index (χ4n) is 6.62. The first-order valence-corrected chi connectivity index (χ1v) is 23.7. The molecule has 0 amide bonds. The van der Waals surface area contributed by atoms with E-state index in [1.165, 1.54) is 24.0 Å². The molecular formula is C28H48O4Si3. The van der Waals surface area contributed by atoms with Crippen molar-refractivity contribution >= 4 is 25.0 Å². The molecule has 4 rings (SSSR count). The molecule has 0 radical (unpaired) electrons. The fourth-order valence-corrected chi connectivity index (χ4v) is 9.41. The van der Waals surface area contributed by atoms with Crippen LogP contribution >= 0.6 is 0 Å². The molecule has 1 aromatic carbocycles. The van der Waals surface area contributed by atoms with Gasteiger partial charge in [-0.3, -0.25) is 0 Å². The number of allylic oxidation sites excluding steroid dienone is 1. The van der Waals surface area contributed by atoms with Gasteiger partial charge in [-0.2, -0.15) is 0 Å². The molecule has 0 spiro atoms. The highest BCUT2D eigenvalue weighted by atomic mass is 28.4. The molecule has 0 saturated heterocycles. The quantitative estimate of drug-likeness (QED) is 0.334. The number of methoxy groups -OCH3 is 1. The van der Waals surface area contributed by atoms with Crippen molar-refractivity contribution in [3.8, 4) is 11.5 Å². The van der Waals surface area contributed by atoms with E-state index < -0.39 is 25.0 Å². The maximum atomic E-state index is 6.91. The van der Waals surface area contributed by atoms with Crippen LogP contribution in [0.15, 0.2) is 24.0 Å². The molecule has 0 aliphatic heterocycles. The van der Waals surface area contributed by atoms with Crippen molar-refractivity contribution < 1.29 is 18.0 Å². The molecule has 1 aromatic rings. The van der Waals surface area contributed by atoms with Crippen LogP contribution in [-0.2, 0) is 15.3 Å². The lowest BCUT2D eigenvalue weighted by molar-refractivity contribution is -0.0150. The second-order valence-corrected chi connectivity index (χ2v) is 27.5. The normalized spacial score (nSPS) is 30.7. The third-order valence-electron chi connectivity index (χ3n) is 7.82. The highest BCUT2D eigenvalue weighted by molar-refractivity contribution is 6.71. The van der Waals surface area contributed by atoms with E-state index in [0.29, 0.717) is 17.8 Å². The van der Waals surface area contributed by atoms with E-state index in [0.717, 1.165) is 30.1 Å². The van der Waals surface area contributed by atoms with Crippen molar-refractivity contribution in [1.82, 2.24) is 0 Å². The maximum absolute atomic E-state index is 6.91. The maximum Gasteiger partial charge on any atom is 0.242 e. The molecule has 7 heteroatoms. The van der Waals surface area contributed by atoms with Crippen molar-refractivity contribution in [3.05, 3.63) is 35.1 Å². The van der Waals surface area contributed by atoms with Crippen LogP contribution < -0.4 is 9.16 Å². The summed E-state index contributed by atoms with van der Waals surface area (Å²) in [5.41, 5.74) is 3.05. The molecule has 0 bridgehead atoms. The molecule has 4 nitrogen and oxygen atoms in total. The van der Waals surface area contributed by atoms with E-state index in [1.54, 1.807) is 7.11 Å². The summed E-state index contributed by atoms with van der Waals surface area (Å²) in [7, 11) is -3.42. The van der Waals surface area contributed by atoms with Gasteiger partial charge in [0.2, 0.25) is 16.6 Å². The van der Waals surface area contributed by atoms with Gasteiger partial charge in [0.15, 0.2) is 14.1 Å². The minimum atomic E-state index is -1.74. The Bertz CT molecular complexity index is 986. The summed E-state index contributed by atoms with van der Waals surface area (Å²) >= 11 is 0. The van der Waals surface area contributed by atoms with Gasteiger partial charge in [0.25, 0.3) is 0 Å². The first kappa shape index (κ1) is 27.0. The van der Waals surface area contributed by atoms with Crippen LogP contribution in [-0.4, -0.2) is 38.2 Å². The molecule has 3 aliphatic carbocycles. The number of hydrogen-bond donors (Lipinski definition) is 0. The standard InChI is InChI=1S/C28H48O4Si3/c1-28-15-14-20-21(23(28)18-26(31-34(6,7)8)27(28)32-35(9,10)11)13-12-19-16-25(30-33(3,4)5)24(29-2)17-22(19)20/h16-18,20-21,23,27H,12-15H2,1-11H3/t20?,21?,23?,27-,28?/m1/s1. The van der Waals surface area contributed by atoms with Crippen LogP contribution in [0.25, 0.3) is 0 Å². The fraction of sp³-hybridized carbons (Fsp3) is 0.714. The van der Waals surface area contributed by atoms with Gasteiger partial charge < -0.3 is 18.0 Å². The molecule has 35 heavy (non-hydrogen) atoms. The molecule has 3 aliphatic rings. The van der Waals surface area contributed by atoms with Crippen molar-refractivity contribution in [2.75, 3.05) is 7.11 Å². The van der Waals surface area contributed by atoms with E-state index in [9.17, 15) is 0 Å². The zero-order chi connectivity index (χ0) is 26.0. The van der Waals surface area contributed by atoms with Gasteiger partial charge in [0, 0.05) is 5.41 Å². The molecule has 0 aromatic heterocycles. The van der Waals surface area contributed by atoms with Gasteiger partial charge in [0.05, 0.1) is 7.11 Å². The Hall–Kier alpha value is -1.03. The van der Waals surface area contributed by atoms with Gasteiger partial charge in [0.1, 0.15) is 17.6 Å². The number of fused-ring (bicyclic) bond motifs is 5. The average Bonchev–Trinajstić information content (AvgIpc) is 2.95. The molecule has 0 N–H and O–H groups in total. The minimum absolute atomic E-state index is 0.0929. The Balaban J connectivity index is 1.70. The third kappa shape index (κ3) is 5.63. The largest absolute Gasteiger partial charge is 0.546 e. The zero-order valence-electron chi connectivity index (χ0n) is 24.0. The van der Waals surface area contributed by atoms with Gasteiger partial charge in [-0.05, 0) is 132 Å². The van der Waals surface area contributed by atoms with Crippen molar-refractivity contribution in [3.63, 3.8) is 0 Å². The Morgan fingerprint density at radius 2 is 1.49 bits per heavy atom. The van der Waals surface area contributed by atoms with Gasteiger partial charge in [-0.1, -0.05) is 6.92 Å². The molecule has 1 fully saturated rings. The lowest BCUT2D eigenvalue weighted by atomic mass is 9.55. The van der Waals surface area contributed by atoms with Crippen LogP contribution in [0.3, 0.4) is 0 Å². The SMILES string of the molecule is COc1cc2c(cc1O[Si](C)(C)C)CCC1C2CCC2(C)C1C=C(O[Si](C)(C)C)[C@H]2O[Si](C)(C)C. The number of benzene rings is 1. The second kappa shape index (κ2) is 9.07. The van der Waals surface area contributed by atoms with Crippen LogP contribution in [0.4, 0.5) is 0 Å². The Morgan fingerprint density at radius 1 is 0.829 bits per heavy atom. The van der Waals surface area contributed by atoms with Crippen molar-refractivity contribution in [2.24, 2.45) is 17.3 Å². The predicted octanol–water partition coefficient (Wildman–Crippen LogP) is 7.94. The minimum Gasteiger partial charge on any atom is -0.546 e. The molecule has 0 heterocycles. The van der Waals surface area contributed by atoms with Gasteiger partial charge in [-0.15, -0.1) is 0 Å². The Labute approximate surface area is 217 Å². The van der Waals surface area contributed by atoms with Crippen LogP contribution in [0.5, 0.6) is 11.5 Å². The smallest absolute Gasteiger partial charge is 0.242 e. The van der Waals surface area contributed by atoms with Crippen LogP contribution in [0.2, 0.25) is 58.9 Å². The summed E-state index contributed by atoms with van der Waals surface area (Å²) < 4.78 is 25.9. The third-order valence-corrected chi connectivity index (χ3v) is 10.4. The van der Waals surface area contributed by atoms with E-state index in [2.05, 4.69) is 84.1 Å². The first-order chi connectivity index (χ1) is 16.0. The van der Waals surface area contributed by atoms with E-state index in [4.69, 9.17) is 18.0 Å². The van der Waals surface area contributed by atoms with E-state index in [1.807, 2.05) is 0 Å². The number of aryl methyl sites for hydroxylation is 1.